The van der Waals surface area contributed by atoms with E-state index in [2.05, 4.69) is 53.7 Å². The van der Waals surface area contributed by atoms with Gasteiger partial charge in [0.2, 0.25) is 12.2 Å². The van der Waals surface area contributed by atoms with Gasteiger partial charge in [0.1, 0.15) is 0 Å². The molecule has 204 valence electrons. The molecule has 0 aliphatic rings. The zero-order valence-corrected chi connectivity index (χ0v) is 26.9. The summed E-state index contributed by atoms with van der Waals surface area (Å²) in [6.07, 6.45) is 1.53. The van der Waals surface area contributed by atoms with Gasteiger partial charge in [0.05, 0.1) is 58.9 Å². The maximum absolute atomic E-state index is 10.5. The van der Waals surface area contributed by atoms with E-state index >= 15 is 0 Å². The summed E-state index contributed by atoms with van der Waals surface area (Å²) in [5, 5.41) is 2.34. The maximum Gasteiger partial charge on any atom is 2.00 e. The zero-order chi connectivity index (χ0) is 27.7. The van der Waals surface area contributed by atoms with Crippen molar-refractivity contribution in [3.63, 3.8) is 0 Å². The fraction of sp³-hybridized carbons (Fsp3) is 0.0909. The Morgan fingerprint density at radius 3 is 1.43 bits per heavy atom. The van der Waals surface area contributed by atoms with Crippen molar-refractivity contribution >= 4 is 95.4 Å². The monoisotopic (exact) mass is 690 g/mol. The van der Waals surface area contributed by atoms with Gasteiger partial charge in [-0.2, -0.15) is 17.2 Å². The van der Waals surface area contributed by atoms with Gasteiger partial charge in [-0.25, -0.2) is 22.0 Å². The van der Waals surface area contributed by atoms with E-state index in [1.165, 1.54) is 20.2 Å². The number of nitrogens with zero attached hydrogens (tertiary/aromatic N) is 2. The van der Waals surface area contributed by atoms with Crippen LogP contribution in [0.25, 0.3) is 52.8 Å². The summed E-state index contributed by atoms with van der Waals surface area (Å²) in [4.78, 5) is 56.6. The second kappa shape index (κ2) is 17.3. The predicted molar refractivity (Wildman–Crippen MR) is 153 cm³/mol. The minimum absolute atomic E-state index is 0. The largest absolute Gasteiger partial charge is 2.00 e. The van der Waals surface area contributed by atoms with Crippen LogP contribution in [0.15, 0.2) is 36.7 Å². The number of nitrogens with one attached hydrogen (secondary N) is 4. The van der Waals surface area contributed by atoms with Crippen molar-refractivity contribution in [3.8, 4) is 21.1 Å². The number of amides is 2. The SMILES string of the molecule is COC([NH-])=O.COC([NH-])=O.O=[C-]Pc1ncc(-c2cc3cc4sc(-c5cnc(P[C-]=O)[nH]5)cc4cc3s2)[nH]1.[V+2].[V+2]. The Morgan fingerprint density at radius 2 is 1.12 bits per heavy atom. The number of hydrogen-bond acceptors (Lipinski definition) is 10. The summed E-state index contributed by atoms with van der Waals surface area (Å²) in [6, 6.07) is 12.4. The third-order valence-corrected chi connectivity index (χ3v) is 8.00. The van der Waals surface area contributed by atoms with Crippen LogP contribution < -0.4 is 11.1 Å². The van der Waals surface area contributed by atoms with Crippen LogP contribution in [-0.4, -0.2) is 58.4 Å². The fourth-order valence-corrected chi connectivity index (χ4v) is 5.92. The summed E-state index contributed by atoms with van der Waals surface area (Å²) in [5.41, 5.74) is 15.1. The molecule has 0 aliphatic heterocycles. The Hall–Kier alpha value is -2.53. The molecule has 2 amide bonds. The van der Waals surface area contributed by atoms with E-state index < -0.39 is 12.2 Å². The Balaban J connectivity index is 0.000000579. The zero-order valence-electron chi connectivity index (χ0n) is 20.5. The molecule has 0 bridgehead atoms. The van der Waals surface area contributed by atoms with Gasteiger partial charge in [0, 0.05) is 9.40 Å². The van der Waals surface area contributed by atoms with Gasteiger partial charge in [-0.15, -0.1) is 22.7 Å². The molecule has 0 spiro atoms. The number of benzene rings is 1. The number of methoxy groups -OCH3 is 2. The van der Waals surface area contributed by atoms with E-state index in [0.29, 0.717) is 11.1 Å². The molecule has 4 heterocycles. The molecule has 5 aromatic rings. The van der Waals surface area contributed by atoms with Crippen LogP contribution in [0.4, 0.5) is 9.59 Å². The molecule has 18 heteroatoms. The molecule has 2 radical (unpaired) electrons. The summed E-state index contributed by atoms with van der Waals surface area (Å²) in [7, 11) is 2.17. The van der Waals surface area contributed by atoms with Crippen molar-refractivity contribution in [3.05, 3.63) is 48.1 Å². The quantitative estimate of drug-likeness (QED) is 0.178. The molecule has 0 saturated heterocycles. The Morgan fingerprint density at radius 1 is 0.775 bits per heavy atom. The van der Waals surface area contributed by atoms with Gasteiger partial charge in [0.25, 0.3) is 0 Å². The van der Waals surface area contributed by atoms with Crippen LogP contribution in [0, 0.1) is 0 Å². The number of ether oxygens (including phenoxy) is 2. The van der Waals surface area contributed by atoms with Crippen molar-refractivity contribution in [1.82, 2.24) is 19.9 Å². The summed E-state index contributed by atoms with van der Waals surface area (Å²) < 4.78 is 9.93. The first-order valence-electron chi connectivity index (χ1n) is 10.2. The number of rotatable bonds is 6. The van der Waals surface area contributed by atoms with Gasteiger partial charge in [-0.05, 0) is 35.0 Å². The number of hydrogen-bond donors (Lipinski definition) is 2. The maximum atomic E-state index is 10.5. The van der Waals surface area contributed by atoms with Crippen LogP contribution >= 0.6 is 39.8 Å². The molecule has 5 rings (SSSR count). The Labute approximate surface area is 263 Å². The molecule has 1 aromatic carbocycles. The summed E-state index contributed by atoms with van der Waals surface area (Å²) in [6.45, 7) is 0. The van der Waals surface area contributed by atoms with Crippen LogP contribution in [0.2, 0.25) is 0 Å². The van der Waals surface area contributed by atoms with E-state index in [-0.39, 0.29) is 54.3 Å². The molecule has 4 aromatic heterocycles. The smallest absolute Gasteiger partial charge is 0.632 e. The average Bonchev–Trinajstić information content (AvgIpc) is 3.69. The standard InChI is InChI=1S/C18H10N4O2P2S2.2C2H5NO2.2V/c23-7-25-17-19-5-11(21-17)15-3-9-1-13-10(2-14(9)28-15)4-16(27-13)12-6-20-18(22-12)26-8-24;2*1-5-2(3)4;;/h1-6,25-26H,(H,19,21)(H,20,22);2*1H3,(H2,3,4);;/q-2;;;2*+2/p-2. The first-order valence-corrected chi connectivity index (χ1v) is 13.8. The molecule has 0 saturated carbocycles. The molecule has 2 unspecified atom stereocenters. The van der Waals surface area contributed by atoms with Crippen LogP contribution in [0.5, 0.6) is 0 Å². The van der Waals surface area contributed by atoms with Crippen LogP contribution in [0.1, 0.15) is 0 Å². The molecule has 40 heavy (non-hydrogen) atoms. The van der Waals surface area contributed by atoms with E-state index in [1.807, 2.05) is 12.1 Å². The first-order chi connectivity index (χ1) is 18.3. The number of thiophene rings is 2. The minimum Gasteiger partial charge on any atom is -0.632 e. The molecule has 4 N–H and O–H groups in total. The number of carbonyl (C=O) groups excluding carboxylic acids is 4. The van der Waals surface area contributed by atoms with E-state index in [4.69, 9.17) is 11.5 Å². The molecule has 0 aliphatic carbocycles. The number of imidazole rings is 2. The van der Waals surface area contributed by atoms with Crippen molar-refractivity contribution in [2.45, 2.75) is 0 Å². The normalized spacial score (nSPS) is 10.2. The molecule has 12 nitrogen and oxygen atoms in total. The van der Waals surface area contributed by atoms with Crippen molar-refractivity contribution in [1.29, 1.82) is 0 Å². The third kappa shape index (κ3) is 9.83. The van der Waals surface area contributed by atoms with E-state index in [1.54, 1.807) is 35.1 Å². The third-order valence-electron chi connectivity index (χ3n) is 4.55. The topological polar surface area (TPSA) is 192 Å². The van der Waals surface area contributed by atoms with Crippen molar-refractivity contribution in [2.24, 2.45) is 0 Å². The summed E-state index contributed by atoms with van der Waals surface area (Å²) >= 11 is 3.38. The van der Waals surface area contributed by atoms with Crippen LogP contribution in [-0.2, 0) is 56.2 Å². The molecule has 2 atom stereocenters. The Bertz CT molecular complexity index is 1430. The number of fused-ring (bicyclic) bond motifs is 2. The number of H-pyrrole nitrogens is 2. The predicted octanol–water partition coefficient (Wildman–Crippen LogP) is 5.24. The number of carbonyl (C=O) groups is 2. The van der Waals surface area contributed by atoms with E-state index in [0.717, 1.165) is 35.4 Å². The average molecular weight is 690 g/mol. The second-order valence-corrected chi connectivity index (χ2v) is 10.9. The van der Waals surface area contributed by atoms with E-state index in [9.17, 15) is 19.2 Å². The Kier molecular flexibility index (Phi) is 15.4. The van der Waals surface area contributed by atoms with Crippen molar-refractivity contribution in [2.75, 3.05) is 14.2 Å². The molecular weight excluding hydrogens is 672 g/mol. The molecule has 0 fully saturated rings. The van der Waals surface area contributed by atoms with Gasteiger partial charge < -0.3 is 40.5 Å². The summed E-state index contributed by atoms with van der Waals surface area (Å²) in [5.74, 6) is 0. The van der Waals surface area contributed by atoms with Gasteiger partial charge in [0.15, 0.2) is 0 Å². The first kappa shape index (κ1) is 35.5. The van der Waals surface area contributed by atoms with Crippen LogP contribution in [0.3, 0.4) is 0 Å². The minimum atomic E-state index is -0.995. The fourth-order valence-electron chi connectivity index (χ4n) is 2.95. The van der Waals surface area contributed by atoms with Gasteiger partial charge >= 0.3 is 37.1 Å². The number of aromatic nitrogens is 4. The molecular formula is C22H18N6O6P2S2V2. The van der Waals surface area contributed by atoms with Gasteiger partial charge in [-0.3, -0.25) is 9.59 Å². The van der Waals surface area contributed by atoms with Crippen molar-refractivity contribution < 1.29 is 65.8 Å². The number of aromatic amines is 2. The second-order valence-electron chi connectivity index (χ2n) is 6.88. The van der Waals surface area contributed by atoms with Gasteiger partial charge in [-0.1, -0.05) is 0 Å².